The van der Waals surface area contributed by atoms with E-state index < -0.39 is 0 Å². The highest BCUT2D eigenvalue weighted by molar-refractivity contribution is 5.99. The van der Waals surface area contributed by atoms with E-state index in [-0.39, 0.29) is 31.5 Å². The monoisotopic (exact) mass is 288 g/mol. The van der Waals surface area contributed by atoms with Gasteiger partial charge in [0.2, 0.25) is 11.8 Å². The van der Waals surface area contributed by atoms with Crippen molar-refractivity contribution < 1.29 is 19.4 Å². The van der Waals surface area contributed by atoms with Gasteiger partial charge < -0.3 is 9.84 Å². The van der Waals surface area contributed by atoms with Crippen LogP contribution in [-0.4, -0.2) is 54.7 Å². The lowest BCUT2D eigenvalue weighted by molar-refractivity contribution is -0.136. The number of piperazine rings is 1. The number of ether oxygens (including phenoxy) is 1. The Kier molecular flexibility index (Phi) is 5.32. The van der Waals surface area contributed by atoms with E-state index in [0.29, 0.717) is 18.9 Å². The molecule has 0 unspecified atom stereocenters. The van der Waals surface area contributed by atoms with E-state index in [1.807, 2.05) is 0 Å². The molecule has 0 aliphatic carbocycles. The summed E-state index contributed by atoms with van der Waals surface area (Å²) in [5.74, 6) is 5.49. The van der Waals surface area contributed by atoms with Gasteiger partial charge in [0.15, 0.2) is 0 Å². The minimum absolute atomic E-state index is 0.166. The van der Waals surface area contributed by atoms with Gasteiger partial charge in [0.05, 0.1) is 13.1 Å². The Hall–Kier alpha value is -2.36. The van der Waals surface area contributed by atoms with Crippen LogP contribution in [0.3, 0.4) is 0 Å². The van der Waals surface area contributed by atoms with E-state index in [1.54, 1.807) is 29.2 Å². The number of nitrogens with zero attached hydrogens (tertiary/aromatic N) is 1. The topological polar surface area (TPSA) is 78.9 Å². The van der Waals surface area contributed by atoms with Crippen LogP contribution in [0.4, 0.5) is 0 Å². The van der Waals surface area contributed by atoms with Gasteiger partial charge in [0, 0.05) is 12.1 Å². The first kappa shape index (κ1) is 15.0. The van der Waals surface area contributed by atoms with Crippen LogP contribution in [0.2, 0.25) is 0 Å². The van der Waals surface area contributed by atoms with E-state index in [0.717, 1.165) is 5.56 Å². The number of aliphatic hydroxyl groups is 1. The molecular weight excluding hydrogens is 272 g/mol. The Labute approximate surface area is 122 Å². The number of nitrogens with one attached hydrogen (secondary N) is 1. The Balaban J connectivity index is 1.78. The molecule has 6 nitrogen and oxygen atoms in total. The molecule has 1 heterocycles. The van der Waals surface area contributed by atoms with E-state index in [1.165, 1.54) is 0 Å². The fraction of sp³-hybridized carbons (Fsp3) is 0.333. The fourth-order valence-corrected chi connectivity index (χ4v) is 1.92. The highest BCUT2D eigenvalue weighted by atomic mass is 16.5. The van der Waals surface area contributed by atoms with Crippen LogP contribution in [0.25, 0.3) is 0 Å². The van der Waals surface area contributed by atoms with Crippen LogP contribution in [0.5, 0.6) is 5.75 Å². The van der Waals surface area contributed by atoms with Gasteiger partial charge in [-0.05, 0) is 24.3 Å². The molecule has 0 saturated carbocycles. The van der Waals surface area contributed by atoms with E-state index in [2.05, 4.69) is 17.2 Å². The molecule has 0 radical (unpaired) electrons. The molecule has 1 aromatic rings. The first-order chi connectivity index (χ1) is 10.2. The second kappa shape index (κ2) is 7.43. The van der Waals surface area contributed by atoms with Crippen LogP contribution in [0.1, 0.15) is 5.56 Å². The molecule has 0 spiro atoms. The highest BCUT2D eigenvalue weighted by Gasteiger charge is 2.21. The predicted octanol–water partition coefficient (Wildman–Crippen LogP) is -0.632. The van der Waals surface area contributed by atoms with Gasteiger partial charge in [0.25, 0.3) is 0 Å². The lowest BCUT2D eigenvalue weighted by atomic mass is 10.2. The first-order valence-corrected chi connectivity index (χ1v) is 6.55. The molecule has 0 aromatic heterocycles. The number of carbonyl (C=O) groups excluding carboxylic acids is 2. The second-order valence-corrected chi connectivity index (χ2v) is 4.51. The zero-order chi connectivity index (χ0) is 15.1. The molecule has 110 valence electrons. The summed E-state index contributed by atoms with van der Waals surface area (Å²) in [6, 6.07) is 7.18. The van der Waals surface area contributed by atoms with E-state index in [9.17, 15) is 9.59 Å². The van der Waals surface area contributed by atoms with Crippen LogP contribution >= 0.6 is 0 Å². The smallest absolute Gasteiger partial charge is 0.240 e. The molecule has 2 N–H and O–H groups in total. The zero-order valence-electron chi connectivity index (χ0n) is 11.5. The van der Waals surface area contributed by atoms with Gasteiger partial charge in [-0.3, -0.25) is 19.8 Å². The molecule has 6 heteroatoms. The first-order valence-electron chi connectivity index (χ1n) is 6.55. The summed E-state index contributed by atoms with van der Waals surface area (Å²) in [7, 11) is 0. The maximum Gasteiger partial charge on any atom is 0.240 e. The van der Waals surface area contributed by atoms with Crippen molar-refractivity contribution >= 4 is 11.8 Å². The molecule has 2 rings (SSSR count). The summed E-state index contributed by atoms with van der Waals surface area (Å²) in [6.07, 6.45) is 0. The van der Waals surface area contributed by atoms with Gasteiger partial charge in [-0.2, -0.15) is 0 Å². The minimum Gasteiger partial charge on any atom is -0.492 e. The maximum absolute atomic E-state index is 11.2. The normalized spacial score (nSPS) is 15.1. The van der Waals surface area contributed by atoms with Gasteiger partial charge in [-0.1, -0.05) is 11.8 Å². The molecule has 21 heavy (non-hydrogen) atoms. The number of carbonyl (C=O) groups is 2. The van der Waals surface area contributed by atoms with Crippen molar-refractivity contribution in [1.29, 1.82) is 0 Å². The third-order valence-electron chi connectivity index (χ3n) is 2.86. The lowest BCUT2D eigenvalue weighted by Gasteiger charge is -2.24. The van der Waals surface area contributed by atoms with Crippen LogP contribution < -0.4 is 10.1 Å². The molecule has 0 atom stereocenters. The number of hydrogen-bond acceptors (Lipinski definition) is 5. The molecule has 1 aliphatic heterocycles. The van der Waals surface area contributed by atoms with Crippen molar-refractivity contribution in [2.45, 2.75) is 0 Å². The molecular formula is C15H16N2O4. The Morgan fingerprint density at radius 1 is 1.19 bits per heavy atom. The van der Waals surface area contributed by atoms with Crippen molar-refractivity contribution in [3.63, 3.8) is 0 Å². The van der Waals surface area contributed by atoms with Gasteiger partial charge in [-0.25, -0.2) is 0 Å². The largest absolute Gasteiger partial charge is 0.492 e. The quantitative estimate of drug-likeness (QED) is 0.569. The number of aliphatic hydroxyl groups excluding tert-OH is 1. The summed E-state index contributed by atoms with van der Waals surface area (Å²) in [5.41, 5.74) is 0.801. The predicted molar refractivity (Wildman–Crippen MR) is 75.5 cm³/mol. The Morgan fingerprint density at radius 2 is 1.86 bits per heavy atom. The van der Waals surface area contributed by atoms with Crippen LogP contribution in [0.15, 0.2) is 24.3 Å². The molecule has 1 saturated heterocycles. The molecule has 0 bridgehead atoms. The number of benzene rings is 1. The van der Waals surface area contributed by atoms with Crippen molar-refractivity contribution in [2.75, 3.05) is 32.8 Å². The minimum atomic E-state index is -0.280. The SMILES string of the molecule is O=C1CN(CCOc2ccc(C#CCO)cc2)CC(=O)N1. The highest BCUT2D eigenvalue weighted by Crippen LogP contribution is 2.11. The Bertz CT molecular complexity index is 556. The standard InChI is InChI=1S/C15H16N2O4/c18-8-1-2-12-3-5-13(6-4-12)21-9-7-17-10-14(19)16-15(20)11-17/h3-6,18H,7-11H2,(H,16,19,20). The van der Waals surface area contributed by atoms with Crippen molar-refractivity contribution in [1.82, 2.24) is 10.2 Å². The van der Waals surface area contributed by atoms with E-state index in [4.69, 9.17) is 9.84 Å². The molecule has 1 fully saturated rings. The number of imide groups is 1. The maximum atomic E-state index is 11.2. The summed E-state index contributed by atoms with van der Waals surface area (Å²) in [6.45, 7) is 1.16. The number of rotatable bonds is 4. The van der Waals surface area contributed by atoms with Crippen LogP contribution in [-0.2, 0) is 9.59 Å². The van der Waals surface area contributed by atoms with Crippen molar-refractivity contribution in [3.8, 4) is 17.6 Å². The lowest BCUT2D eigenvalue weighted by Crippen LogP contribution is -2.52. The van der Waals surface area contributed by atoms with Gasteiger partial charge >= 0.3 is 0 Å². The molecule has 1 aromatic carbocycles. The molecule has 2 amide bonds. The van der Waals surface area contributed by atoms with Crippen LogP contribution in [0, 0.1) is 11.8 Å². The van der Waals surface area contributed by atoms with E-state index >= 15 is 0 Å². The summed E-state index contributed by atoms with van der Waals surface area (Å²) in [5, 5.41) is 10.9. The third-order valence-corrected chi connectivity index (χ3v) is 2.86. The number of hydrogen-bond donors (Lipinski definition) is 2. The van der Waals surface area contributed by atoms with Gasteiger partial charge in [-0.15, -0.1) is 0 Å². The summed E-state index contributed by atoms with van der Waals surface area (Å²) in [4.78, 5) is 24.1. The average molecular weight is 288 g/mol. The fourth-order valence-electron chi connectivity index (χ4n) is 1.92. The third kappa shape index (κ3) is 4.91. The molecule has 1 aliphatic rings. The summed E-state index contributed by atoms with van der Waals surface area (Å²) < 4.78 is 5.56. The average Bonchev–Trinajstić information content (AvgIpc) is 2.45. The summed E-state index contributed by atoms with van der Waals surface area (Å²) >= 11 is 0. The Morgan fingerprint density at radius 3 is 2.48 bits per heavy atom. The van der Waals surface area contributed by atoms with Gasteiger partial charge in [0.1, 0.15) is 19.0 Å². The number of amides is 2. The second-order valence-electron chi connectivity index (χ2n) is 4.51. The van der Waals surface area contributed by atoms with Crippen molar-refractivity contribution in [3.05, 3.63) is 29.8 Å². The zero-order valence-corrected chi connectivity index (χ0v) is 11.5. The van der Waals surface area contributed by atoms with Crippen molar-refractivity contribution in [2.24, 2.45) is 0 Å².